The van der Waals surface area contributed by atoms with Gasteiger partial charge in [0, 0.05) is 13.2 Å². The Hall–Kier alpha value is -0.610. The van der Waals surface area contributed by atoms with E-state index in [1.165, 1.54) is 0 Å². The first-order valence-electron chi connectivity index (χ1n) is 7.35. The van der Waals surface area contributed by atoms with Gasteiger partial charge >= 0.3 is 0 Å². The van der Waals surface area contributed by atoms with Gasteiger partial charge in [0.25, 0.3) is 0 Å². The lowest BCUT2D eigenvalue weighted by atomic mass is 9.99. The summed E-state index contributed by atoms with van der Waals surface area (Å²) in [6, 6.07) is 0.00125. The van der Waals surface area contributed by atoms with Crippen molar-refractivity contribution in [1.82, 2.24) is 10.2 Å². The average molecular weight is 254 g/mol. The molecule has 4 nitrogen and oxygen atoms in total. The van der Waals surface area contributed by atoms with Crippen LogP contribution in [0, 0.1) is 5.92 Å². The molecule has 0 saturated carbocycles. The van der Waals surface area contributed by atoms with Gasteiger partial charge < -0.3 is 9.64 Å². The molecule has 18 heavy (non-hydrogen) atoms. The first-order chi connectivity index (χ1) is 8.67. The molecule has 2 aliphatic heterocycles. The molecule has 0 bridgehead atoms. The lowest BCUT2D eigenvalue weighted by molar-refractivity contribution is -0.132. The third kappa shape index (κ3) is 2.69. The number of rotatable bonds is 5. The van der Waals surface area contributed by atoms with E-state index in [1.54, 1.807) is 0 Å². The van der Waals surface area contributed by atoms with Gasteiger partial charge in [-0.05, 0) is 25.2 Å². The van der Waals surface area contributed by atoms with Gasteiger partial charge in [0.05, 0.1) is 18.3 Å². The van der Waals surface area contributed by atoms with E-state index in [2.05, 4.69) is 26.1 Å². The normalized spacial score (nSPS) is 34.3. The van der Waals surface area contributed by atoms with Gasteiger partial charge in [0.2, 0.25) is 5.91 Å². The van der Waals surface area contributed by atoms with Crippen molar-refractivity contribution >= 4 is 5.91 Å². The number of ether oxygens (including phenoxy) is 1. The van der Waals surface area contributed by atoms with Crippen molar-refractivity contribution in [2.45, 2.75) is 64.8 Å². The molecule has 2 heterocycles. The maximum atomic E-state index is 12.5. The van der Waals surface area contributed by atoms with Crippen molar-refractivity contribution in [2.24, 2.45) is 5.92 Å². The number of nitrogens with zero attached hydrogens (tertiary/aromatic N) is 1. The molecule has 0 aromatic carbocycles. The highest BCUT2D eigenvalue weighted by Crippen LogP contribution is 2.23. The molecule has 1 amide bonds. The molecule has 0 aromatic rings. The quantitative estimate of drug-likeness (QED) is 0.812. The van der Waals surface area contributed by atoms with Crippen molar-refractivity contribution in [3.05, 3.63) is 0 Å². The number of hydrogen-bond acceptors (Lipinski definition) is 3. The van der Waals surface area contributed by atoms with Crippen LogP contribution in [0.5, 0.6) is 0 Å². The van der Waals surface area contributed by atoms with Crippen LogP contribution in [0.3, 0.4) is 0 Å². The Kier molecular flexibility index (Phi) is 4.62. The van der Waals surface area contributed by atoms with Crippen LogP contribution < -0.4 is 5.32 Å². The molecule has 104 valence electrons. The van der Waals surface area contributed by atoms with E-state index in [4.69, 9.17) is 4.74 Å². The molecule has 2 rings (SSSR count). The highest BCUT2D eigenvalue weighted by Gasteiger charge is 2.41. The van der Waals surface area contributed by atoms with E-state index in [-0.39, 0.29) is 24.2 Å². The molecule has 0 aliphatic carbocycles. The molecule has 2 saturated heterocycles. The zero-order valence-electron chi connectivity index (χ0n) is 11.8. The Balaban J connectivity index is 2.00. The van der Waals surface area contributed by atoms with Gasteiger partial charge in [0.1, 0.15) is 0 Å². The number of amides is 1. The molecule has 4 heteroatoms. The topological polar surface area (TPSA) is 41.6 Å². The van der Waals surface area contributed by atoms with Gasteiger partial charge in [-0.3, -0.25) is 10.1 Å². The van der Waals surface area contributed by atoms with Crippen LogP contribution in [0.2, 0.25) is 0 Å². The molecule has 0 radical (unpaired) electrons. The molecule has 4 unspecified atom stereocenters. The molecular weight excluding hydrogens is 228 g/mol. The van der Waals surface area contributed by atoms with Crippen molar-refractivity contribution in [3.63, 3.8) is 0 Å². The zero-order chi connectivity index (χ0) is 13.1. The van der Waals surface area contributed by atoms with E-state index < -0.39 is 0 Å². The fourth-order valence-corrected chi connectivity index (χ4v) is 2.91. The number of hydrogen-bond donors (Lipinski definition) is 1. The van der Waals surface area contributed by atoms with Crippen LogP contribution in [-0.2, 0) is 9.53 Å². The van der Waals surface area contributed by atoms with E-state index >= 15 is 0 Å². The maximum absolute atomic E-state index is 12.5. The molecular formula is C14H26N2O2. The monoisotopic (exact) mass is 254 g/mol. The van der Waals surface area contributed by atoms with Crippen LogP contribution in [0.15, 0.2) is 0 Å². The Morgan fingerprint density at radius 2 is 2.28 bits per heavy atom. The maximum Gasteiger partial charge on any atom is 0.241 e. The highest BCUT2D eigenvalue weighted by molar-refractivity contribution is 5.84. The second kappa shape index (κ2) is 6.02. The van der Waals surface area contributed by atoms with E-state index in [0.717, 1.165) is 38.8 Å². The molecule has 2 aliphatic rings. The second-order valence-electron chi connectivity index (χ2n) is 5.58. The van der Waals surface area contributed by atoms with Crippen LogP contribution in [-0.4, -0.2) is 42.3 Å². The summed E-state index contributed by atoms with van der Waals surface area (Å²) in [5, 5.41) is 3.49. The molecule has 0 spiro atoms. The first kappa shape index (κ1) is 13.8. The van der Waals surface area contributed by atoms with Crippen molar-refractivity contribution in [1.29, 1.82) is 0 Å². The van der Waals surface area contributed by atoms with Crippen molar-refractivity contribution in [3.8, 4) is 0 Å². The summed E-state index contributed by atoms with van der Waals surface area (Å²) in [6.45, 7) is 8.04. The van der Waals surface area contributed by atoms with Crippen molar-refractivity contribution < 1.29 is 9.53 Å². The second-order valence-corrected chi connectivity index (χ2v) is 5.58. The minimum absolute atomic E-state index is 0.00125. The predicted molar refractivity (Wildman–Crippen MR) is 71.1 cm³/mol. The van der Waals surface area contributed by atoms with Gasteiger partial charge in [0.15, 0.2) is 0 Å². The molecule has 0 aromatic heterocycles. The minimum atomic E-state index is 0.00125. The number of nitrogens with one attached hydrogen (secondary N) is 1. The Bertz CT molecular complexity index is 290. The number of carbonyl (C=O) groups is 1. The minimum Gasteiger partial charge on any atom is -0.376 e. The molecule has 4 atom stereocenters. The lowest BCUT2D eigenvalue weighted by Crippen LogP contribution is -2.41. The van der Waals surface area contributed by atoms with Gasteiger partial charge in [-0.2, -0.15) is 0 Å². The lowest BCUT2D eigenvalue weighted by Gasteiger charge is -2.25. The van der Waals surface area contributed by atoms with E-state index in [9.17, 15) is 4.79 Å². The van der Waals surface area contributed by atoms with Gasteiger partial charge in [-0.15, -0.1) is 0 Å². The van der Waals surface area contributed by atoms with Crippen molar-refractivity contribution in [2.75, 3.05) is 13.2 Å². The van der Waals surface area contributed by atoms with Crippen LogP contribution in [0.4, 0.5) is 0 Å². The summed E-state index contributed by atoms with van der Waals surface area (Å²) in [7, 11) is 0. The molecule has 2 fully saturated rings. The van der Waals surface area contributed by atoms with E-state index in [0.29, 0.717) is 5.92 Å². The number of carbonyl (C=O) groups excluding carboxylic acids is 1. The summed E-state index contributed by atoms with van der Waals surface area (Å²) < 4.78 is 5.66. The van der Waals surface area contributed by atoms with Crippen LogP contribution in [0.1, 0.15) is 46.5 Å². The largest absolute Gasteiger partial charge is 0.376 e. The summed E-state index contributed by atoms with van der Waals surface area (Å²) in [6.07, 6.45) is 4.67. The summed E-state index contributed by atoms with van der Waals surface area (Å²) in [5.41, 5.74) is 0. The fraction of sp³-hybridized carbons (Fsp3) is 0.929. The average Bonchev–Trinajstić information content (AvgIpc) is 2.99. The van der Waals surface area contributed by atoms with Crippen LogP contribution >= 0.6 is 0 Å². The smallest absolute Gasteiger partial charge is 0.241 e. The fourth-order valence-electron chi connectivity index (χ4n) is 2.91. The first-order valence-corrected chi connectivity index (χ1v) is 7.35. The standard InChI is InChI=1S/C14H26N2O2/c1-4-10(3)13-14(17)16(12(5-2)15-13)9-11-7-6-8-18-11/h10-13,15H,4-9H2,1-3H3. The predicted octanol–water partition coefficient (Wildman–Crippen LogP) is 1.75. The summed E-state index contributed by atoms with van der Waals surface area (Å²) in [4.78, 5) is 14.5. The third-order valence-electron chi connectivity index (χ3n) is 4.32. The SMILES string of the molecule is CCC(C)C1NC(CC)N(CC2CCCO2)C1=O. The Morgan fingerprint density at radius 1 is 1.50 bits per heavy atom. The van der Waals surface area contributed by atoms with Crippen LogP contribution in [0.25, 0.3) is 0 Å². The zero-order valence-corrected chi connectivity index (χ0v) is 11.8. The van der Waals surface area contributed by atoms with Gasteiger partial charge in [-0.1, -0.05) is 27.2 Å². The summed E-state index contributed by atoms with van der Waals surface area (Å²) in [5.74, 6) is 0.674. The Morgan fingerprint density at radius 3 is 2.83 bits per heavy atom. The molecule has 1 N–H and O–H groups in total. The Labute approximate surface area is 110 Å². The third-order valence-corrected chi connectivity index (χ3v) is 4.32. The van der Waals surface area contributed by atoms with E-state index in [1.807, 2.05) is 4.90 Å². The van der Waals surface area contributed by atoms with Gasteiger partial charge in [-0.25, -0.2) is 0 Å². The summed E-state index contributed by atoms with van der Waals surface area (Å²) >= 11 is 0. The highest BCUT2D eigenvalue weighted by atomic mass is 16.5.